The Bertz CT molecular complexity index is 590. The van der Waals surface area contributed by atoms with Gasteiger partial charge < -0.3 is 14.0 Å². The zero-order valence-corrected chi connectivity index (χ0v) is 17.3. The number of ether oxygens (including phenoxy) is 1. The zero-order valence-electron chi connectivity index (χ0n) is 17.3. The third-order valence-corrected chi connectivity index (χ3v) is 5.85. The lowest BCUT2D eigenvalue weighted by molar-refractivity contribution is 0.00578. The molecule has 2 aliphatic rings. The Balaban J connectivity index is 1.61. The largest absolute Gasteiger partial charge is 0.494 e. The first-order valence-corrected chi connectivity index (χ1v) is 9.95. The maximum Gasteiger partial charge on any atom is 0.494 e. The molecule has 5 heteroatoms. The van der Waals surface area contributed by atoms with E-state index < -0.39 is 0 Å². The van der Waals surface area contributed by atoms with Crippen molar-refractivity contribution in [2.24, 2.45) is 0 Å². The number of likely N-dealkylation sites (tertiary alicyclic amines) is 1. The van der Waals surface area contributed by atoms with Crippen LogP contribution in [0.1, 0.15) is 60.8 Å². The molecule has 26 heavy (non-hydrogen) atoms. The zero-order chi connectivity index (χ0) is 19.0. The van der Waals surface area contributed by atoms with E-state index in [4.69, 9.17) is 14.0 Å². The summed E-state index contributed by atoms with van der Waals surface area (Å²) in [6.45, 7) is 16.0. The van der Waals surface area contributed by atoms with Crippen LogP contribution < -0.4 is 10.2 Å². The van der Waals surface area contributed by atoms with Crippen molar-refractivity contribution in [3.63, 3.8) is 0 Å². The van der Waals surface area contributed by atoms with Crippen LogP contribution in [0.25, 0.3) is 0 Å². The SMILES string of the molecule is CC(C)(CN1CCCCC1)Oc1ccc(B2OC(C)(C)C(C)(C)O2)cc1. The second-order valence-corrected chi connectivity index (χ2v) is 9.36. The Morgan fingerprint density at radius 2 is 1.50 bits per heavy atom. The lowest BCUT2D eigenvalue weighted by Crippen LogP contribution is -2.44. The summed E-state index contributed by atoms with van der Waals surface area (Å²) in [4.78, 5) is 2.52. The van der Waals surface area contributed by atoms with Crippen LogP contribution in [-0.2, 0) is 9.31 Å². The van der Waals surface area contributed by atoms with Gasteiger partial charge in [-0.05, 0) is 85.1 Å². The minimum absolute atomic E-state index is 0.205. The Kier molecular flexibility index (Phi) is 5.44. The van der Waals surface area contributed by atoms with E-state index in [9.17, 15) is 0 Å². The third-order valence-electron chi connectivity index (χ3n) is 5.85. The summed E-state index contributed by atoms with van der Waals surface area (Å²) >= 11 is 0. The van der Waals surface area contributed by atoms with Gasteiger partial charge in [-0.2, -0.15) is 0 Å². The van der Waals surface area contributed by atoms with E-state index in [1.165, 1.54) is 32.4 Å². The predicted molar refractivity (Wildman–Crippen MR) is 107 cm³/mol. The molecule has 0 amide bonds. The van der Waals surface area contributed by atoms with E-state index >= 15 is 0 Å². The van der Waals surface area contributed by atoms with Crippen LogP contribution in [0, 0.1) is 0 Å². The molecule has 0 N–H and O–H groups in total. The quantitative estimate of drug-likeness (QED) is 0.752. The summed E-state index contributed by atoms with van der Waals surface area (Å²) in [6.07, 6.45) is 3.97. The molecular formula is C21H34BNO3. The molecule has 1 aromatic rings. The summed E-state index contributed by atoms with van der Waals surface area (Å²) in [5.41, 5.74) is 0.195. The molecule has 0 spiro atoms. The summed E-state index contributed by atoms with van der Waals surface area (Å²) in [5, 5.41) is 0. The van der Waals surface area contributed by atoms with E-state index in [0.29, 0.717) is 0 Å². The summed E-state index contributed by atoms with van der Waals surface area (Å²) < 4.78 is 18.5. The Labute approximate surface area is 159 Å². The minimum atomic E-state index is -0.324. The van der Waals surface area contributed by atoms with Gasteiger partial charge in [0.25, 0.3) is 0 Å². The molecule has 0 radical (unpaired) electrons. The summed E-state index contributed by atoms with van der Waals surface area (Å²) in [5.74, 6) is 0.896. The summed E-state index contributed by atoms with van der Waals surface area (Å²) in [7, 11) is -0.324. The second kappa shape index (κ2) is 7.18. The molecule has 1 aromatic carbocycles. The molecule has 3 rings (SSSR count). The Morgan fingerprint density at radius 3 is 2.04 bits per heavy atom. The van der Waals surface area contributed by atoms with Crippen LogP contribution in [0.3, 0.4) is 0 Å². The van der Waals surface area contributed by atoms with Crippen molar-refractivity contribution in [1.29, 1.82) is 0 Å². The van der Waals surface area contributed by atoms with Gasteiger partial charge in [0, 0.05) is 6.54 Å². The molecule has 0 aromatic heterocycles. The summed E-state index contributed by atoms with van der Waals surface area (Å²) in [6, 6.07) is 8.15. The van der Waals surface area contributed by atoms with Gasteiger partial charge >= 0.3 is 7.12 Å². The van der Waals surface area contributed by atoms with E-state index in [0.717, 1.165) is 17.8 Å². The van der Waals surface area contributed by atoms with Crippen molar-refractivity contribution in [3.05, 3.63) is 24.3 Å². The van der Waals surface area contributed by atoms with Gasteiger partial charge in [-0.25, -0.2) is 0 Å². The van der Waals surface area contributed by atoms with Gasteiger partial charge in [0.05, 0.1) is 11.2 Å². The van der Waals surface area contributed by atoms with Crippen LogP contribution in [0.5, 0.6) is 5.75 Å². The molecule has 4 nitrogen and oxygen atoms in total. The Hall–Kier alpha value is -1.04. The van der Waals surface area contributed by atoms with Crippen LogP contribution >= 0.6 is 0 Å². The molecule has 0 saturated carbocycles. The van der Waals surface area contributed by atoms with E-state index in [2.05, 4.69) is 58.6 Å². The van der Waals surface area contributed by atoms with Crippen molar-refractivity contribution in [3.8, 4) is 5.75 Å². The van der Waals surface area contributed by atoms with Crippen molar-refractivity contribution < 1.29 is 14.0 Å². The molecule has 0 bridgehead atoms. The first kappa shape index (κ1) is 19.7. The van der Waals surface area contributed by atoms with Crippen LogP contribution in [0.4, 0.5) is 0 Å². The number of rotatable bonds is 5. The van der Waals surface area contributed by atoms with Crippen LogP contribution in [0.2, 0.25) is 0 Å². The van der Waals surface area contributed by atoms with E-state index in [1.54, 1.807) is 0 Å². The maximum absolute atomic E-state index is 6.28. The molecule has 0 atom stereocenters. The number of hydrogen-bond donors (Lipinski definition) is 0. The van der Waals surface area contributed by atoms with Crippen molar-refractivity contribution in [2.75, 3.05) is 19.6 Å². The molecule has 144 valence electrons. The first-order chi connectivity index (χ1) is 12.1. The Morgan fingerprint density at radius 1 is 0.962 bits per heavy atom. The fourth-order valence-corrected chi connectivity index (χ4v) is 3.68. The van der Waals surface area contributed by atoms with Crippen molar-refractivity contribution >= 4 is 12.6 Å². The van der Waals surface area contributed by atoms with E-state index in [1.807, 2.05) is 12.1 Å². The smallest absolute Gasteiger partial charge is 0.487 e. The second-order valence-electron chi connectivity index (χ2n) is 9.36. The van der Waals surface area contributed by atoms with Crippen LogP contribution in [0.15, 0.2) is 24.3 Å². The molecule has 2 fully saturated rings. The monoisotopic (exact) mass is 359 g/mol. The van der Waals surface area contributed by atoms with Crippen LogP contribution in [-0.4, -0.2) is 48.5 Å². The lowest BCUT2D eigenvalue weighted by atomic mass is 9.79. The van der Waals surface area contributed by atoms with Gasteiger partial charge in [0.15, 0.2) is 0 Å². The average molecular weight is 359 g/mol. The van der Waals surface area contributed by atoms with Gasteiger partial charge in [-0.3, -0.25) is 4.90 Å². The minimum Gasteiger partial charge on any atom is -0.487 e. The lowest BCUT2D eigenvalue weighted by Gasteiger charge is -2.35. The fraction of sp³-hybridized carbons (Fsp3) is 0.714. The molecular weight excluding hydrogens is 325 g/mol. The highest BCUT2D eigenvalue weighted by atomic mass is 16.7. The normalized spacial score (nSPS) is 23.2. The van der Waals surface area contributed by atoms with Crippen molar-refractivity contribution in [2.45, 2.75) is 77.6 Å². The highest BCUT2D eigenvalue weighted by molar-refractivity contribution is 6.62. The van der Waals surface area contributed by atoms with Gasteiger partial charge in [0.1, 0.15) is 11.4 Å². The molecule has 2 aliphatic heterocycles. The van der Waals surface area contributed by atoms with Gasteiger partial charge in [-0.15, -0.1) is 0 Å². The van der Waals surface area contributed by atoms with Gasteiger partial charge in [0.2, 0.25) is 0 Å². The highest BCUT2D eigenvalue weighted by Gasteiger charge is 2.51. The standard InChI is InChI=1S/C21H34BNO3/c1-19(2,16-23-14-8-7-9-15-23)24-18-12-10-17(11-13-18)22-25-20(3,4)21(5,6)26-22/h10-13H,7-9,14-16H2,1-6H3. The number of nitrogens with zero attached hydrogens (tertiary/aromatic N) is 1. The predicted octanol–water partition coefficient (Wildman–Crippen LogP) is 3.63. The molecule has 0 unspecified atom stereocenters. The number of benzene rings is 1. The fourth-order valence-electron chi connectivity index (χ4n) is 3.68. The topological polar surface area (TPSA) is 30.9 Å². The van der Waals surface area contributed by atoms with Gasteiger partial charge in [-0.1, -0.05) is 18.6 Å². The molecule has 2 saturated heterocycles. The number of piperidine rings is 1. The van der Waals surface area contributed by atoms with Crippen molar-refractivity contribution in [1.82, 2.24) is 4.90 Å². The highest BCUT2D eigenvalue weighted by Crippen LogP contribution is 2.36. The maximum atomic E-state index is 6.28. The third kappa shape index (κ3) is 4.44. The molecule has 2 heterocycles. The van der Waals surface area contributed by atoms with E-state index in [-0.39, 0.29) is 23.9 Å². The molecule has 0 aliphatic carbocycles. The number of hydrogen-bond acceptors (Lipinski definition) is 4. The first-order valence-electron chi connectivity index (χ1n) is 9.95. The average Bonchev–Trinajstić information content (AvgIpc) is 2.76.